The molecule has 2 atom stereocenters. The van der Waals surface area contributed by atoms with Gasteiger partial charge in [0.05, 0.1) is 25.4 Å². The number of amides is 1. The number of carbonyl (C=O) groups is 2. The number of aliphatic hydroxyl groups is 2. The lowest BCUT2D eigenvalue weighted by Gasteiger charge is -2.20. The van der Waals surface area contributed by atoms with Gasteiger partial charge in [0.1, 0.15) is 0 Å². The Hall–Kier alpha value is -1.40. The molecular weight excluding hydrogens is 815 g/mol. The number of unbranched alkanes of at least 4 members (excludes halogenated alkanes) is 45. The molecular formula is C60H117NO5. The van der Waals surface area contributed by atoms with E-state index in [0.717, 1.165) is 38.5 Å². The Morgan fingerprint density at radius 3 is 1.03 bits per heavy atom. The maximum atomic E-state index is 12.4. The van der Waals surface area contributed by atoms with Crippen molar-refractivity contribution in [1.82, 2.24) is 5.32 Å². The van der Waals surface area contributed by atoms with Gasteiger partial charge in [-0.1, -0.05) is 302 Å². The van der Waals surface area contributed by atoms with E-state index in [1.807, 2.05) is 6.08 Å². The fourth-order valence-electron chi connectivity index (χ4n) is 9.46. The number of carbonyl (C=O) groups excluding carboxylic acids is 2. The highest BCUT2D eigenvalue weighted by molar-refractivity contribution is 5.76. The van der Waals surface area contributed by atoms with Gasteiger partial charge in [0.2, 0.25) is 5.91 Å². The smallest absolute Gasteiger partial charge is 0.305 e. The third-order valence-corrected chi connectivity index (χ3v) is 14.1. The molecule has 66 heavy (non-hydrogen) atoms. The summed E-state index contributed by atoms with van der Waals surface area (Å²) in [6.07, 6.45) is 66.8. The minimum absolute atomic E-state index is 0.0160. The fourth-order valence-corrected chi connectivity index (χ4v) is 9.46. The lowest BCUT2D eigenvalue weighted by atomic mass is 10.0. The summed E-state index contributed by atoms with van der Waals surface area (Å²) in [5.41, 5.74) is 0. The highest BCUT2D eigenvalue weighted by atomic mass is 16.5. The summed E-state index contributed by atoms with van der Waals surface area (Å²) in [6, 6.07) is -0.624. The van der Waals surface area contributed by atoms with Crippen molar-refractivity contribution in [3.8, 4) is 0 Å². The van der Waals surface area contributed by atoms with Crippen molar-refractivity contribution in [3.05, 3.63) is 12.2 Å². The van der Waals surface area contributed by atoms with Crippen molar-refractivity contribution in [3.63, 3.8) is 0 Å². The van der Waals surface area contributed by atoms with Crippen molar-refractivity contribution in [1.29, 1.82) is 0 Å². The van der Waals surface area contributed by atoms with Crippen LogP contribution in [0.15, 0.2) is 12.2 Å². The summed E-state index contributed by atoms with van der Waals surface area (Å²) in [7, 11) is 0. The maximum absolute atomic E-state index is 12.4. The van der Waals surface area contributed by atoms with Crippen LogP contribution < -0.4 is 5.32 Å². The first-order valence-electron chi connectivity index (χ1n) is 30.0. The number of aliphatic hydroxyl groups excluding tert-OH is 2. The molecule has 0 saturated carbocycles. The molecule has 392 valence electrons. The summed E-state index contributed by atoms with van der Waals surface area (Å²) in [6.45, 7) is 4.91. The third-order valence-electron chi connectivity index (χ3n) is 14.1. The number of nitrogens with one attached hydrogen (secondary N) is 1. The number of hydrogen-bond acceptors (Lipinski definition) is 5. The molecule has 0 aromatic heterocycles. The number of hydrogen-bond donors (Lipinski definition) is 3. The van der Waals surface area contributed by atoms with E-state index in [9.17, 15) is 19.8 Å². The van der Waals surface area contributed by atoms with Crippen LogP contribution in [0.5, 0.6) is 0 Å². The summed E-state index contributed by atoms with van der Waals surface area (Å²) >= 11 is 0. The van der Waals surface area contributed by atoms with Gasteiger partial charge in [0.25, 0.3) is 0 Å². The normalized spacial score (nSPS) is 12.6. The fraction of sp³-hybridized carbons (Fsp3) is 0.933. The predicted molar refractivity (Wildman–Crippen MR) is 287 cm³/mol. The zero-order valence-corrected chi connectivity index (χ0v) is 44.7. The van der Waals surface area contributed by atoms with Gasteiger partial charge < -0.3 is 20.3 Å². The molecule has 0 aliphatic rings. The third kappa shape index (κ3) is 52.0. The standard InChI is InChI=1S/C60H117NO5/c1-3-5-7-9-11-13-15-29-33-36-40-44-48-52-58(63)57(56-62)61-59(64)53-49-45-41-37-34-30-27-25-23-21-19-17-16-18-20-22-24-26-28-31-35-39-43-47-51-55-66-60(65)54-50-46-42-38-32-14-12-10-8-6-4-2/h48,52,57-58,62-63H,3-47,49-51,53-56H2,1-2H3,(H,61,64)/b52-48+. The Morgan fingerprint density at radius 1 is 0.409 bits per heavy atom. The Bertz CT molecular complexity index is 986. The lowest BCUT2D eigenvalue weighted by molar-refractivity contribution is -0.143. The molecule has 0 saturated heterocycles. The SMILES string of the molecule is CCCCCCCCCCCCC/C=C/C(O)C(CO)NC(=O)CCCCCCCCCCCCCCCCCCCCCCCCCCCOC(=O)CCCCCCCCCCCCC. The van der Waals surface area contributed by atoms with Crippen LogP contribution >= 0.6 is 0 Å². The summed E-state index contributed by atoms with van der Waals surface area (Å²) in [5, 5.41) is 23.1. The molecule has 0 aliphatic carbocycles. The van der Waals surface area contributed by atoms with Crippen molar-refractivity contribution >= 4 is 11.9 Å². The second-order valence-electron chi connectivity index (χ2n) is 20.7. The van der Waals surface area contributed by atoms with Crippen molar-refractivity contribution in [2.75, 3.05) is 13.2 Å². The van der Waals surface area contributed by atoms with Gasteiger partial charge in [-0.3, -0.25) is 9.59 Å². The van der Waals surface area contributed by atoms with Crippen molar-refractivity contribution in [2.45, 2.75) is 347 Å². The highest BCUT2D eigenvalue weighted by Gasteiger charge is 2.18. The minimum Gasteiger partial charge on any atom is -0.466 e. The predicted octanol–water partition coefficient (Wildman–Crippen LogP) is 18.5. The van der Waals surface area contributed by atoms with Crippen LogP contribution in [0, 0.1) is 0 Å². The zero-order chi connectivity index (χ0) is 47.9. The topological polar surface area (TPSA) is 95.9 Å². The summed E-state index contributed by atoms with van der Waals surface area (Å²) in [4.78, 5) is 24.4. The van der Waals surface area contributed by atoms with Gasteiger partial charge in [-0.15, -0.1) is 0 Å². The Labute approximate surface area is 412 Å². The first kappa shape index (κ1) is 64.6. The van der Waals surface area contributed by atoms with Crippen LogP contribution in [0.25, 0.3) is 0 Å². The van der Waals surface area contributed by atoms with Gasteiger partial charge in [-0.25, -0.2) is 0 Å². The first-order chi connectivity index (χ1) is 32.5. The van der Waals surface area contributed by atoms with E-state index in [4.69, 9.17) is 4.74 Å². The Kier molecular flexibility index (Phi) is 55.0. The molecule has 6 heteroatoms. The van der Waals surface area contributed by atoms with Gasteiger partial charge >= 0.3 is 5.97 Å². The van der Waals surface area contributed by atoms with Gasteiger partial charge in [-0.05, 0) is 32.1 Å². The van der Waals surface area contributed by atoms with E-state index in [1.54, 1.807) is 6.08 Å². The van der Waals surface area contributed by atoms with Gasteiger partial charge in [-0.2, -0.15) is 0 Å². The summed E-state index contributed by atoms with van der Waals surface area (Å²) < 4.78 is 5.47. The van der Waals surface area contributed by atoms with Crippen LogP contribution in [0.4, 0.5) is 0 Å². The molecule has 2 unspecified atom stereocenters. The van der Waals surface area contributed by atoms with Crippen LogP contribution in [-0.2, 0) is 14.3 Å². The zero-order valence-electron chi connectivity index (χ0n) is 44.7. The number of allylic oxidation sites excluding steroid dienone is 1. The van der Waals surface area contributed by atoms with E-state index >= 15 is 0 Å². The Morgan fingerprint density at radius 2 is 0.697 bits per heavy atom. The molecule has 3 N–H and O–H groups in total. The largest absolute Gasteiger partial charge is 0.466 e. The van der Waals surface area contributed by atoms with E-state index in [-0.39, 0.29) is 18.5 Å². The van der Waals surface area contributed by atoms with Crippen LogP contribution in [-0.4, -0.2) is 47.4 Å². The van der Waals surface area contributed by atoms with Crippen molar-refractivity contribution in [2.24, 2.45) is 0 Å². The quantitative estimate of drug-likeness (QED) is 0.0321. The van der Waals surface area contributed by atoms with Gasteiger partial charge in [0.15, 0.2) is 0 Å². The molecule has 6 nitrogen and oxygen atoms in total. The molecule has 1 amide bonds. The number of esters is 1. The molecule has 0 spiro atoms. The number of ether oxygens (including phenoxy) is 1. The van der Waals surface area contributed by atoms with Crippen LogP contribution in [0.1, 0.15) is 335 Å². The molecule has 0 aliphatic heterocycles. The van der Waals surface area contributed by atoms with E-state index < -0.39 is 12.1 Å². The molecule has 0 bridgehead atoms. The lowest BCUT2D eigenvalue weighted by Crippen LogP contribution is -2.45. The first-order valence-corrected chi connectivity index (χ1v) is 30.0. The molecule has 0 fully saturated rings. The number of rotatable bonds is 56. The molecule has 0 rings (SSSR count). The van der Waals surface area contributed by atoms with E-state index in [2.05, 4.69) is 19.2 Å². The molecule has 0 aromatic carbocycles. The van der Waals surface area contributed by atoms with Crippen molar-refractivity contribution < 1.29 is 24.5 Å². The molecule has 0 heterocycles. The van der Waals surface area contributed by atoms with E-state index in [1.165, 1.54) is 270 Å². The molecule has 0 radical (unpaired) electrons. The van der Waals surface area contributed by atoms with Gasteiger partial charge in [0, 0.05) is 12.8 Å². The second kappa shape index (κ2) is 56.2. The Balaban J connectivity index is 3.36. The summed E-state index contributed by atoms with van der Waals surface area (Å²) in [5.74, 6) is -0.0491. The average Bonchev–Trinajstić information content (AvgIpc) is 3.32. The molecule has 0 aromatic rings. The highest BCUT2D eigenvalue weighted by Crippen LogP contribution is 2.18. The van der Waals surface area contributed by atoms with E-state index in [0.29, 0.717) is 19.4 Å². The average molecular weight is 933 g/mol. The second-order valence-corrected chi connectivity index (χ2v) is 20.7. The van der Waals surface area contributed by atoms with Crippen LogP contribution in [0.2, 0.25) is 0 Å². The minimum atomic E-state index is -0.841. The maximum Gasteiger partial charge on any atom is 0.305 e. The van der Waals surface area contributed by atoms with Crippen LogP contribution in [0.3, 0.4) is 0 Å². The monoisotopic (exact) mass is 932 g/mol.